The van der Waals surface area contributed by atoms with Crippen molar-refractivity contribution in [2.75, 3.05) is 0 Å². The van der Waals surface area contributed by atoms with Crippen LogP contribution in [-0.4, -0.2) is 29.5 Å². The molecule has 0 aliphatic heterocycles. The van der Waals surface area contributed by atoms with E-state index in [-0.39, 0.29) is 0 Å². The van der Waals surface area contributed by atoms with Gasteiger partial charge in [-0.1, -0.05) is 0 Å². The largest absolute Gasteiger partial charge is 0.262 e. The lowest BCUT2D eigenvalue weighted by molar-refractivity contribution is 0.839. The maximum atomic E-state index is 4.59. The van der Waals surface area contributed by atoms with Crippen molar-refractivity contribution in [3.8, 4) is 22.6 Å². The minimum Gasteiger partial charge on any atom is -0.262 e. The molecule has 0 atom stereocenters. The first kappa shape index (κ1) is 14.3. The summed E-state index contributed by atoms with van der Waals surface area (Å²) in [6.45, 7) is 4.00. The molecule has 0 fully saturated rings. The molecule has 0 aliphatic carbocycles. The molecular formula is C18H16N6. The van der Waals surface area contributed by atoms with Crippen LogP contribution in [0.3, 0.4) is 0 Å². The summed E-state index contributed by atoms with van der Waals surface area (Å²) in [7, 11) is 0. The van der Waals surface area contributed by atoms with Gasteiger partial charge in [0.25, 0.3) is 0 Å². The topological polar surface area (TPSA) is 61.4 Å². The maximum Gasteiger partial charge on any atom is 0.0838 e. The molecule has 0 bridgehead atoms. The second-order valence-electron chi connectivity index (χ2n) is 5.61. The van der Waals surface area contributed by atoms with E-state index in [9.17, 15) is 0 Å². The van der Waals surface area contributed by atoms with Crippen LogP contribution in [-0.2, 0) is 0 Å². The monoisotopic (exact) mass is 316 g/mol. The first-order valence-electron chi connectivity index (χ1n) is 7.66. The Kier molecular flexibility index (Phi) is 3.42. The molecule has 6 heteroatoms. The number of pyridine rings is 2. The van der Waals surface area contributed by atoms with Gasteiger partial charge in [0, 0.05) is 29.8 Å². The van der Waals surface area contributed by atoms with Gasteiger partial charge < -0.3 is 0 Å². The molecular weight excluding hydrogens is 300 g/mol. The Labute approximate surface area is 139 Å². The van der Waals surface area contributed by atoms with Crippen LogP contribution in [0, 0.1) is 13.8 Å². The SMILES string of the molecule is Cc1cc(-c2cncc(-n3nccc3C)c2)n(-c2cccnc2)n1. The molecule has 4 rings (SSSR count). The van der Waals surface area contributed by atoms with E-state index in [1.807, 2.05) is 53.7 Å². The van der Waals surface area contributed by atoms with Crippen molar-refractivity contribution < 1.29 is 0 Å². The Morgan fingerprint density at radius 2 is 1.71 bits per heavy atom. The minimum atomic E-state index is 0.918. The van der Waals surface area contributed by atoms with Crippen molar-refractivity contribution in [1.82, 2.24) is 29.5 Å². The predicted molar refractivity (Wildman–Crippen MR) is 91.2 cm³/mol. The van der Waals surface area contributed by atoms with Crippen molar-refractivity contribution in [1.29, 1.82) is 0 Å². The van der Waals surface area contributed by atoms with Gasteiger partial charge in [-0.15, -0.1) is 0 Å². The van der Waals surface area contributed by atoms with Crippen LogP contribution in [0.1, 0.15) is 11.4 Å². The van der Waals surface area contributed by atoms with Crippen molar-refractivity contribution in [2.45, 2.75) is 13.8 Å². The summed E-state index contributed by atoms with van der Waals surface area (Å²) in [6, 6.07) is 9.96. The number of nitrogens with zero attached hydrogens (tertiary/aromatic N) is 6. The summed E-state index contributed by atoms with van der Waals surface area (Å²) in [5.74, 6) is 0. The molecule has 4 aromatic rings. The van der Waals surface area contributed by atoms with E-state index in [2.05, 4.69) is 26.2 Å². The minimum absolute atomic E-state index is 0.918. The van der Waals surface area contributed by atoms with Gasteiger partial charge in [0.1, 0.15) is 0 Å². The summed E-state index contributed by atoms with van der Waals surface area (Å²) in [5, 5.41) is 8.94. The highest BCUT2D eigenvalue weighted by Crippen LogP contribution is 2.25. The van der Waals surface area contributed by atoms with Crippen molar-refractivity contribution in [2.24, 2.45) is 0 Å². The van der Waals surface area contributed by atoms with Gasteiger partial charge in [0.15, 0.2) is 0 Å². The number of aromatic nitrogens is 6. The molecule has 0 amide bonds. The van der Waals surface area contributed by atoms with Gasteiger partial charge in [-0.2, -0.15) is 10.2 Å². The Morgan fingerprint density at radius 1 is 0.833 bits per heavy atom. The average Bonchev–Trinajstić information content (AvgIpc) is 3.21. The fourth-order valence-electron chi connectivity index (χ4n) is 2.70. The van der Waals surface area contributed by atoms with Gasteiger partial charge >= 0.3 is 0 Å². The van der Waals surface area contributed by atoms with E-state index >= 15 is 0 Å². The summed E-state index contributed by atoms with van der Waals surface area (Å²) >= 11 is 0. The van der Waals surface area contributed by atoms with Gasteiger partial charge in [0.2, 0.25) is 0 Å². The summed E-state index contributed by atoms with van der Waals surface area (Å²) in [5.41, 5.74) is 5.79. The lowest BCUT2D eigenvalue weighted by Gasteiger charge is -2.09. The summed E-state index contributed by atoms with van der Waals surface area (Å²) < 4.78 is 3.76. The molecule has 0 N–H and O–H groups in total. The van der Waals surface area contributed by atoms with Gasteiger partial charge in [-0.05, 0) is 44.2 Å². The first-order valence-corrected chi connectivity index (χ1v) is 7.66. The van der Waals surface area contributed by atoms with E-state index in [4.69, 9.17) is 0 Å². The number of rotatable bonds is 3. The quantitative estimate of drug-likeness (QED) is 0.582. The van der Waals surface area contributed by atoms with E-state index < -0.39 is 0 Å². The van der Waals surface area contributed by atoms with Crippen LogP contribution in [0.15, 0.2) is 61.3 Å². The maximum absolute atomic E-state index is 4.59. The van der Waals surface area contributed by atoms with E-state index in [0.717, 1.165) is 34.0 Å². The lowest BCUT2D eigenvalue weighted by atomic mass is 10.2. The number of aryl methyl sites for hydroxylation is 2. The van der Waals surface area contributed by atoms with Gasteiger partial charge in [0.05, 0.1) is 35.2 Å². The molecule has 118 valence electrons. The van der Waals surface area contributed by atoms with Crippen molar-refractivity contribution in [3.63, 3.8) is 0 Å². The zero-order valence-corrected chi connectivity index (χ0v) is 13.5. The third-order valence-electron chi connectivity index (χ3n) is 3.82. The van der Waals surface area contributed by atoms with Crippen LogP contribution in [0.25, 0.3) is 22.6 Å². The van der Waals surface area contributed by atoms with Crippen LogP contribution in [0.4, 0.5) is 0 Å². The van der Waals surface area contributed by atoms with Crippen molar-refractivity contribution in [3.05, 3.63) is 72.7 Å². The standard InChI is InChI=1S/C18H16N6/c1-13-8-18(24(22-13)16-4-3-6-19-11-16)15-9-17(12-20-10-15)23-14(2)5-7-21-23/h3-12H,1-2H3. The van der Waals surface area contributed by atoms with E-state index in [1.54, 1.807) is 24.8 Å². The molecule has 4 aromatic heterocycles. The molecule has 0 aliphatic rings. The molecule has 0 saturated carbocycles. The Hall–Kier alpha value is -3.28. The highest BCUT2D eigenvalue weighted by molar-refractivity contribution is 5.64. The van der Waals surface area contributed by atoms with Gasteiger partial charge in [-0.25, -0.2) is 9.36 Å². The zero-order valence-electron chi connectivity index (χ0n) is 13.5. The Morgan fingerprint density at radius 3 is 2.46 bits per heavy atom. The second-order valence-corrected chi connectivity index (χ2v) is 5.61. The predicted octanol–water partition coefficient (Wildman–Crippen LogP) is 3.13. The van der Waals surface area contributed by atoms with Crippen LogP contribution < -0.4 is 0 Å². The molecule has 24 heavy (non-hydrogen) atoms. The van der Waals surface area contributed by atoms with Crippen LogP contribution in [0.5, 0.6) is 0 Å². The van der Waals surface area contributed by atoms with E-state index in [0.29, 0.717) is 0 Å². The molecule has 0 saturated heterocycles. The van der Waals surface area contributed by atoms with Crippen LogP contribution in [0.2, 0.25) is 0 Å². The summed E-state index contributed by atoms with van der Waals surface area (Å²) in [4.78, 5) is 8.57. The highest BCUT2D eigenvalue weighted by atomic mass is 15.3. The molecule has 0 spiro atoms. The smallest absolute Gasteiger partial charge is 0.0838 e. The second kappa shape index (κ2) is 5.73. The van der Waals surface area contributed by atoms with Crippen LogP contribution >= 0.6 is 0 Å². The molecule has 0 radical (unpaired) electrons. The third kappa shape index (κ3) is 2.48. The normalized spacial score (nSPS) is 10.9. The highest BCUT2D eigenvalue weighted by Gasteiger charge is 2.12. The Balaban J connectivity index is 1.85. The molecule has 0 aromatic carbocycles. The molecule has 4 heterocycles. The lowest BCUT2D eigenvalue weighted by Crippen LogP contribution is -2.02. The third-order valence-corrected chi connectivity index (χ3v) is 3.82. The first-order chi connectivity index (χ1) is 11.7. The summed E-state index contributed by atoms with van der Waals surface area (Å²) in [6.07, 6.45) is 8.98. The molecule has 0 unspecified atom stereocenters. The molecule has 6 nitrogen and oxygen atoms in total. The van der Waals surface area contributed by atoms with E-state index in [1.165, 1.54) is 0 Å². The average molecular weight is 316 g/mol. The number of hydrogen-bond acceptors (Lipinski definition) is 4. The Bertz CT molecular complexity index is 984. The fourth-order valence-corrected chi connectivity index (χ4v) is 2.70. The van der Waals surface area contributed by atoms with Gasteiger partial charge in [-0.3, -0.25) is 9.97 Å². The number of hydrogen-bond donors (Lipinski definition) is 0. The van der Waals surface area contributed by atoms with Crippen molar-refractivity contribution >= 4 is 0 Å². The fraction of sp³-hybridized carbons (Fsp3) is 0.111. The zero-order chi connectivity index (χ0) is 16.5.